The van der Waals surface area contributed by atoms with Crippen molar-refractivity contribution in [3.8, 4) is 0 Å². The molecule has 0 aromatic rings. The number of aliphatic hydroxyl groups is 1. The molecule has 2 atom stereocenters. The standard InChI is InChI=1S/C19H40NO3P/c1-2-3-4-5-6-7-8-9-10-11-12-13-14-15-16-20(24)18(17-21)19(22)23/h18,21H,2-17,24H2,1H3,(H,22,23). The fraction of sp³-hybridized carbons (Fsp3) is 0.947. The Hall–Kier alpha value is -0.180. The lowest BCUT2D eigenvalue weighted by Crippen LogP contribution is -2.38. The van der Waals surface area contributed by atoms with Crippen molar-refractivity contribution in [1.29, 1.82) is 0 Å². The summed E-state index contributed by atoms with van der Waals surface area (Å²) in [6.07, 6.45) is 18.5. The van der Waals surface area contributed by atoms with Crippen LogP contribution in [0.4, 0.5) is 0 Å². The van der Waals surface area contributed by atoms with E-state index in [0.717, 1.165) is 12.8 Å². The van der Waals surface area contributed by atoms with Gasteiger partial charge in [-0.1, -0.05) is 99.8 Å². The number of aliphatic carboxylic acids is 1. The van der Waals surface area contributed by atoms with Crippen molar-refractivity contribution in [3.63, 3.8) is 0 Å². The van der Waals surface area contributed by atoms with Crippen LogP contribution in [0.3, 0.4) is 0 Å². The zero-order chi connectivity index (χ0) is 18.0. The molecule has 5 heteroatoms. The van der Waals surface area contributed by atoms with E-state index in [1.807, 2.05) is 0 Å². The van der Waals surface area contributed by atoms with Gasteiger partial charge in [0.05, 0.1) is 6.61 Å². The highest BCUT2D eigenvalue weighted by atomic mass is 31.0. The van der Waals surface area contributed by atoms with E-state index in [2.05, 4.69) is 16.3 Å². The molecule has 0 saturated heterocycles. The Kier molecular flexibility index (Phi) is 17.5. The second-order valence-electron chi connectivity index (χ2n) is 6.87. The lowest BCUT2D eigenvalue weighted by atomic mass is 10.0. The Morgan fingerprint density at radius 3 is 1.54 bits per heavy atom. The Bertz CT molecular complexity index is 290. The van der Waals surface area contributed by atoms with Gasteiger partial charge < -0.3 is 10.2 Å². The molecule has 4 nitrogen and oxygen atoms in total. The lowest BCUT2D eigenvalue weighted by molar-refractivity contribution is -0.142. The quantitative estimate of drug-likeness (QED) is 0.266. The van der Waals surface area contributed by atoms with E-state index in [0.29, 0.717) is 6.54 Å². The topological polar surface area (TPSA) is 60.8 Å². The first-order chi connectivity index (χ1) is 11.6. The number of carboxylic acids is 1. The number of hydrogen-bond acceptors (Lipinski definition) is 3. The van der Waals surface area contributed by atoms with Crippen LogP contribution in [0.5, 0.6) is 0 Å². The number of nitrogens with zero attached hydrogens (tertiary/aromatic N) is 1. The van der Waals surface area contributed by atoms with Gasteiger partial charge in [0.15, 0.2) is 0 Å². The van der Waals surface area contributed by atoms with Gasteiger partial charge in [-0.2, -0.15) is 0 Å². The molecule has 2 unspecified atom stereocenters. The van der Waals surface area contributed by atoms with Crippen LogP contribution < -0.4 is 0 Å². The third-order valence-corrected chi connectivity index (χ3v) is 5.25. The molecule has 0 rings (SSSR count). The van der Waals surface area contributed by atoms with Crippen molar-refractivity contribution in [1.82, 2.24) is 4.67 Å². The molecular weight excluding hydrogens is 321 g/mol. The highest BCUT2D eigenvalue weighted by Crippen LogP contribution is 2.14. The van der Waals surface area contributed by atoms with Gasteiger partial charge in [0.2, 0.25) is 0 Å². The summed E-state index contributed by atoms with van der Waals surface area (Å²) in [5.41, 5.74) is 0. The van der Waals surface area contributed by atoms with Crippen molar-refractivity contribution in [2.75, 3.05) is 13.2 Å². The Balaban J connectivity index is 3.27. The van der Waals surface area contributed by atoms with Crippen LogP contribution in [0.25, 0.3) is 0 Å². The monoisotopic (exact) mass is 361 g/mol. The van der Waals surface area contributed by atoms with Crippen molar-refractivity contribution < 1.29 is 15.0 Å². The average molecular weight is 362 g/mol. The maximum Gasteiger partial charge on any atom is 0.323 e. The number of carboxylic acid groups (broad SMARTS) is 1. The van der Waals surface area contributed by atoms with E-state index >= 15 is 0 Å². The summed E-state index contributed by atoms with van der Waals surface area (Å²) in [7, 11) is 2.42. The zero-order valence-electron chi connectivity index (χ0n) is 15.7. The average Bonchev–Trinajstić information content (AvgIpc) is 2.55. The summed E-state index contributed by atoms with van der Waals surface area (Å²) in [4.78, 5) is 10.9. The van der Waals surface area contributed by atoms with E-state index < -0.39 is 12.0 Å². The molecule has 0 aliphatic carbocycles. The van der Waals surface area contributed by atoms with E-state index in [-0.39, 0.29) is 6.61 Å². The summed E-state index contributed by atoms with van der Waals surface area (Å²) in [5.74, 6) is -0.960. The summed E-state index contributed by atoms with van der Waals surface area (Å²) in [6, 6.07) is -0.794. The first kappa shape index (κ1) is 23.8. The second-order valence-corrected chi connectivity index (χ2v) is 7.53. The minimum absolute atomic E-state index is 0.336. The zero-order valence-corrected chi connectivity index (χ0v) is 16.9. The molecule has 0 saturated carbocycles. The number of carbonyl (C=O) groups is 1. The summed E-state index contributed by atoms with van der Waals surface area (Å²) < 4.78 is 1.66. The van der Waals surface area contributed by atoms with Gasteiger partial charge in [-0.05, 0) is 6.42 Å². The molecule has 2 N–H and O–H groups in total. The molecule has 0 aliphatic heterocycles. The van der Waals surface area contributed by atoms with Crippen molar-refractivity contribution in [2.24, 2.45) is 0 Å². The van der Waals surface area contributed by atoms with E-state index in [1.165, 1.54) is 77.0 Å². The van der Waals surface area contributed by atoms with Crippen molar-refractivity contribution in [2.45, 2.75) is 103 Å². The molecule has 0 spiro atoms. The molecule has 0 aromatic carbocycles. The van der Waals surface area contributed by atoms with Crippen LogP contribution >= 0.6 is 9.39 Å². The number of unbranched alkanes of at least 4 members (excludes halogenated alkanes) is 13. The van der Waals surface area contributed by atoms with Crippen LogP contribution in [0.1, 0.15) is 96.8 Å². The fourth-order valence-electron chi connectivity index (χ4n) is 2.97. The molecule has 144 valence electrons. The first-order valence-corrected chi connectivity index (χ1v) is 10.5. The Morgan fingerprint density at radius 1 is 0.833 bits per heavy atom. The molecule has 0 radical (unpaired) electrons. The smallest absolute Gasteiger partial charge is 0.323 e. The number of rotatable bonds is 18. The third kappa shape index (κ3) is 14.2. The van der Waals surface area contributed by atoms with Crippen molar-refractivity contribution >= 4 is 15.4 Å². The van der Waals surface area contributed by atoms with Crippen LogP contribution in [0, 0.1) is 0 Å². The number of aliphatic hydroxyl groups excluding tert-OH is 1. The highest BCUT2D eigenvalue weighted by Gasteiger charge is 2.20. The summed E-state index contributed by atoms with van der Waals surface area (Å²) in [6.45, 7) is 2.64. The fourth-order valence-corrected chi connectivity index (χ4v) is 3.37. The third-order valence-electron chi connectivity index (χ3n) is 4.63. The number of hydrogen-bond donors (Lipinski definition) is 2. The van der Waals surface area contributed by atoms with E-state index in [1.54, 1.807) is 4.67 Å². The summed E-state index contributed by atoms with van der Waals surface area (Å²) in [5, 5.41) is 18.0. The second kappa shape index (κ2) is 17.6. The van der Waals surface area contributed by atoms with Crippen LogP contribution in [-0.2, 0) is 4.79 Å². The van der Waals surface area contributed by atoms with Crippen molar-refractivity contribution in [3.05, 3.63) is 0 Å². The van der Waals surface area contributed by atoms with Gasteiger partial charge in [0, 0.05) is 6.54 Å². The van der Waals surface area contributed by atoms with Gasteiger partial charge in [0.1, 0.15) is 6.04 Å². The maximum atomic E-state index is 10.9. The first-order valence-electron chi connectivity index (χ1n) is 9.98. The van der Waals surface area contributed by atoms with Crippen LogP contribution in [0.15, 0.2) is 0 Å². The van der Waals surface area contributed by atoms with Gasteiger partial charge in [-0.25, -0.2) is 0 Å². The van der Waals surface area contributed by atoms with Gasteiger partial charge >= 0.3 is 5.97 Å². The predicted octanol–water partition coefficient (Wildman–Crippen LogP) is 5.01. The molecular formula is C19H40NO3P. The Morgan fingerprint density at radius 2 is 1.21 bits per heavy atom. The van der Waals surface area contributed by atoms with Crippen LogP contribution in [-0.4, -0.2) is 40.0 Å². The molecule has 0 fully saturated rings. The minimum atomic E-state index is -0.960. The molecule has 0 heterocycles. The molecule has 0 bridgehead atoms. The largest absolute Gasteiger partial charge is 0.480 e. The Labute approximate surface area is 151 Å². The lowest BCUT2D eigenvalue weighted by Gasteiger charge is -2.22. The van der Waals surface area contributed by atoms with E-state index in [9.17, 15) is 4.79 Å². The predicted molar refractivity (Wildman–Crippen MR) is 105 cm³/mol. The van der Waals surface area contributed by atoms with Gasteiger partial charge in [-0.15, -0.1) is 0 Å². The molecule has 0 amide bonds. The molecule has 24 heavy (non-hydrogen) atoms. The normalized spacial score (nSPS) is 12.7. The SMILES string of the molecule is CCCCCCCCCCCCCCCCN(P)C(CO)C(=O)O. The summed E-state index contributed by atoms with van der Waals surface area (Å²) >= 11 is 0. The highest BCUT2D eigenvalue weighted by molar-refractivity contribution is 7.13. The van der Waals surface area contributed by atoms with E-state index in [4.69, 9.17) is 10.2 Å². The van der Waals surface area contributed by atoms with Gasteiger partial charge in [-0.3, -0.25) is 9.46 Å². The minimum Gasteiger partial charge on any atom is -0.480 e. The molecule has 0 aromatic heterocycles. The maximum absolute atomic E-state index is 10.9. The van der Waals surface area contributed by atoms with Crippen LogP contribution in [0.2, 0.25) is 0 Å². The molecule has 0 aliphatic rings. The van der Waals surface area contributed by atoms with Gasteiger partial charge in [0.25, 0.3) is 0 Å².